The summed E-state index contributed by atoms with van der Waals surface area (Å²) in [6.45, 7) is 1.43. The third-order valence-electron chi connectivity index (χ3n) is 7.61. The number of ketones is 6. The first-order chi connectivity index (χ1) is 28.8. The molecule has 0 atom stereocenters. The Bertz CT molecular complexity index is 2270. The van der Waals surface area contributed by atoms with Crippen molar-refractivity contribution in [1.29, 1.82) is 5.26 Å². The van der Waals surface area contributed by atoms with Gasteiger partial charge in [0.25, 0.3) is 0 Å². The second-order valence-electron chi connectivity index (χ2n) is 11.4. The molecule has 0 saturated carbocycles. The van der Waals surface area contributed by atoms with E-state index >= 15 is 0 Å². The van der Waals surface area contributed by atoms with E-state index in [0.717, 1.165) is 0 Å². The number of rotatable bonds is 0. The molecule has 3 aliphatic carbocycles. The number of hydrogen-bond acceptors (Lipinski definition) is 21. The van der Waals surface area contributed by atoms with Crippen molar-refractivity contribution in [2.75, 3.05) is 0 Å². The van der Waals surface area contributed by atoms with Crippen LogP contribution < -0.4 is 37.3 Å². The van der Waals surface area contributed by atoms with Gasteiger partial charge in [-0.3, -0.25) is 58.7 Å². The zero-order chi connectivity index (χ0) is 45.1. The first kappa shape index (κ1) is 49.7. The summed E-state index contributed by atoms with van der Waals surface area (Å²) in [5.74, 6) is -3.06. The molecule has 308 valence electrons. The van der Waals surface area contributed by atoms with Gasteiger partial charge in [-0.15, -0.1) is 20.5 Å². The van der Waals surface area contributed by atoms with E-state index in [4.69, 9.17) is 42.5 Å². The van der Waals surface area contributed by atoms with Crippen LogP contribution >= 0.6 is 0 Å². The van der Waals surface area contributed by atoms with E-state index in [2.05, 4.69) is 29.9 Å². The van der Waals surface area contributed by atoms with Gasteiger partial charge in [0.2, 0.25) is 34.7 Å². The number of Topliss-reactive ketones (excluding diaryl/α,β-unsaturated/α-hetero) is 6. The maximum Gasteiger partial charge on any atom is 2.00 e. The smallest absolute Gasteiger partial charge is 0.285 e. The molecule has 21 nitrogen and oxygen atoms in total. The Morgan fingerprint density at radius 2 is 0.484 bits per heavy atom. The molecule has 0 aliphatic heterocycles. The number of pyridine rings is 6. The van der Waals surface area contributed by atoms with E-state index in [1.54, 1.807) is 116 Å². The van der Waals surface area contributed by atoms with Gasteiger partial charge in [-0.2, -0.15) is 5.26 Å². The van der Waals surface area contributed by atoms with Crippen molar-refractivity contribution in [1.82, 2.24) is 29.9 Å². The van der Waals surface area contributed by atoms with Crippen LogP contribution in [0, 0.1) is 31.8 Å². The van der Waals surface area contributed by atoms with Crippen LogP contribution in [0.3, 0.4) is 0 Å². The van der Waals surface area contributed by atoms with E-state index in [1.165, 1.54) is 6.92 Å². The summed E-state index contributed by atoms with van der Waals surface area (Å²) >= 11 is 0. The fourth-order valence-electron chi connectivity index (χ4n) is 5.40. The Labute approximate surface area is 364 Å². The Morgan fingerprint density at radius 3 is 0.597 bits per heavy atom. The molecule has 6 aromatic rings. The Balaban J connectivity index is 0.000000216. The van der Waals surface area contributed by atoms with Crippen LogP contribution in [-0.4, -0.2) is 64.6 Å². The van der Waals surface area contributed by atoms with Crippen molar-refractivity contribution < 1.29 is 106 Å². The van der Waals surface area contributed by atoms with Gasteiger partial charge >= 0.3 is 19.5 Å². The fourth-order valence-corrected chi connectivity index (χ4v) is 5.40. The predicted octanol–water partition coefficient (Wildman–Crippen LogP) is -4.42. The van der Waals surface area contributed by atoms with Gasteiger partial charge in [0.05, 0.1) is 39.4 Å². The molecular weight excluding hydrogens is 915 g/mol. The molecule has 9 rings (SSSR count). The van der Waals surface area contributed by atoms with Crippen molar-refractivity contribution in [2.45, 2.75) is 6.92 Å². The summed E-state index contributed by atoms with van der Waals surface area (Å²) in [4.78, 5) is 95.2. The summed E-state index contributed by atoms with van der Waals surface area (Å²) in [5.41, 5.74) is 4.92. The predicted molar refractivity (Wildman–Crippen MR) is 180 cm³/mol. The van der Waals surface area contributed by atoms with Gasteiger partial charge in [-0.25, -0.2) is 37.3 Å². The number of carbonyl (C=O) groups excluding carboxylic acids is 6. The molecule has 62 heavy (non-hydrogen) atoms. The number of aromatic nitrogens is 6. The minimum absolute atomic E-state index is 0. The Morgan fingerprint density at radius 1 is 0.371 bits per heavy atom. The number of nitriles is 1. The van der Waals surface area contributed by atoms with Gasteiger partial charge in [-0.1, -0.05) is 0 Å². The molecule has 0 amide bonds. The third kappa shape index (κ3) is 12.7. The van der Waals surface area contributed by atoms with Gasteiger partial charge in [0.1, 0.15) is 34.2 Å². The molecule has 0 aromatic carbocycles. The first-order valence-corrected chi connectivity index (χ1v) is 18.8. The molecule has 6 aromatic heterocycles. The van der Waals surface area contributed by atoms with Gasteiger partial charge < -0.3 is 0 Å². The van der Waals surface area contributed by atoms with Crippen LogP contribution in [0.2, 0.25) is 0 Å². The summed E-state index contributed by atoms with van der Waals surface area (Å²) in [6.07, 6.45) is 9.50. The normalized spacial score (nSPS) is 12.3. The van der Waals surface area contributed by atoms with Gasteiger partial charge in [-0.05, 0) is 72.8 Å². The van der Waals surface area contributed by atoms with E-state index in [1.807, 2.05) is 0 Å². The molecule has 6 heterocycles. The maximum absolute atomic E-state index is 11.8. The van der Waals surface area contributed by atoms with Crippen LogP contribution in [-0.2, 0) is 19.5 Å². The monoisotopic (exact) mass is 933 g/mol. The Hall–Kier alpha value is -6.71. The van der Waals surface area contributed by atoms with Crippen LogP contribution in [0.4, 0.5) is 0 Å². The topological polar surface area (TPSA) is 388 Å². The molecule has 0 radical (unpaired) electrons. The molecule has 0 unspecified atom stereocenters. The minimum Gasteiger partial charge on any atom is -0.285 e. The quantitative estimate of drug-likeness (QED) is 0.102. The molecule has 0 saturated heterocycles. The molecule has 0 spiro atoms. The number of fused-ring (bicyclic) bond motifs is 9. The second kappa shape index (κ2) is 21.7. The van der Waals surface area contributed by atoms with Crippen LogP contribution in [0.1, 0.15) is 69.1 Å². The largest absolute Gasteiger partial charge is 2.00 e. The van der Waals surface area contributed by atoms with Crippen molar-refractivity contribution >= 4 is 34.7 Å². The van der Waals surface area contributed by atoms with Crippen LogP contribution in [0.15, 0.2) is 110 Å². The number of nitrogens with zero attached hydrogens (tertiary/aromatic N) is 7. The van der Waals surface area contributed by atoms with Gasteiger partial charge in [0, 0.05) is 44.1 Å². The third-order valence-corrected chi connectivity index (χ3v) is 7.61. The summed E-state index contributed by atoms with van der Waals surface area (Å²) in [5, 5.41) is 7.32. The first-order valence-electron chi connectivity index (χ1n) is 16.3. The van der Waals surface area contributed by atoms with Crippen LogP contribution in [0.5, 0.6) is 0 Å². The molecule has 0 N–H and O–H groups in total. The number of halogens is 2. The van der Waals surface area contributed by atoms with Crippen molar-refractivity contribution in [3.63, 3.8) is 0 Å². The fraction of sp³-hybridized carbons (Fsp3) is 0.0263. The summed E-state index contributed by atoms with van der Waals surface area (Å²) in [6, 6.07) is 21.2. The molecule has 0 bridgehead atoms. The zero-order valence-corrected chi connectivity index (χ0v) is 35.7. The number of hydrogen-bond donors (Lipinski definition) is 0. The molecular formula is C38H21Cl2N7O14Zn. The van der Waals surface area contributed by atoms with E-state index in [9.17, 15) is 28.8 Å². The molecule has 0 fully saturated rings. The van der Waals surface area contributed by atoms with Crippen molar-refractivity contribution in [3.8, 4) is 40.2 Å². The van der Waals surface area contributed by atoms with Crippen molar-refractivity contribution in [3.05, 3.63) is 143 Å². The van der Waals surface area contributed by atoms with E-state index < -0.39 is 55.2 Å². The zero-order valence-electron chi connectivity index (χ0n) is 31.2. The Kier molecular flexibility index (Phi) is 17.4. The minimum atomic E-state index is -4.94. The molecule has 3 aliphatic rings. The summed E-state index contributed by atoms with van der Waals surface area (Å²) in [7, 11) is -9.89. The van der Waals surface area contributed by atoms with Gasteiger partial charge in [0.15, 0.2) is 0 Å². The SMILES string of the molecule is CC#N.O=C1C(=O)c2cccnc2-c2ncccc21.O=C1C(=O)c2cccnc2-c2ncccc21.O=C1C(=O)c2cccnc2-c2ncccc21.[O-][Cl+3]([O-])([O-])[O-].[O-][Cl+3]([O-])([O-])[O-].[Zn+2]. The number of carbonyl (C=O) groups is 6. The maximum atomic E-state index is 11.8. The van der Waals surface area contributed by atoms with Crippen LogP contribution in [0.25, 0.3) is 34.2 Å². The summed E-state index contributed by atoms with van der Waals surface area (Å²) < 4.78 is 67.9. The average molecular weight is 936 g/mol. The van der Waals surface area contributed by atoms with E-state index in [-0.39, 0.29) is 19.5 Å². The van der Waals surface area contributed by atoms with E-state index in [0.29, 0.717) is 67.5 Å². The standard InChI is InChI=1S/3C12H6N2O2.C2H3N.2ClHO4.Zn/c3*15-11-7-3-1-5-13-9(7)10-8(12(11)16)4-2-6-14-10;1-2-3;2*2-1(3,4)5;/h3*1-6H;1H3;2*(H,2,3,4,5);/q;;;;;;+2/p-2. The molecule has 24 heteroatoms. The second-order valence-corrected chi connectivity index (χ2v) is 12.9. The average Bonchev–Trinajstić information content (AvgIpc) is 3.23. The van der Waals surface area contributed by atoms with Crippen molar-refractivity contribution in [2.24, 2.45) is 0 Å².